The molecule has 0 saturated carbocycles. The Morgan fingerprint density at radius 3 is 2.63 bits per heavy atom. The summed E-state index contributed by atoms with van der Waals surface area (Å²) in [6.07, 6.45) is 2.59. The minimum Gasteiger partial charge on any atom is -0.356 e. The van der Waals surface area contributed by atoms with Gasteiger partial charge in [0.15, 0.2) is 11.8 Å². The highest BCUT2D eigenvalue weighted by Crippen LogP contribution is 2.16. The summed E-state index contributed by atoms with van der Waals surface area (Å²) in [7, 11) is 1.76. The van der Waals surface area contributed by atoms with Gasteiger partial charge in [0.1, 0.15) is 6.33 Å². The average molecular weight is 497 g/mol. The van der Waals surface area contributed by atoms with Gasteiger partial charge in [-0.1, -0.05) is 18.2 Å². The van der Waals surface area contributed by atoms with Crippen molar-refractivity contribution >= 4 is 41.3 Å². The first kappa shape index (κ1) is 21.3. The highest BCUT2D eigenvalue weighted by atomic mass is 127. The van der Waals surface area contributed by atoms with Gasteiger partial charge < -0.3 is 10.6 Å². The molecule has 0 aliphatic heterocycles. The van der Waals surface area contributed by atoms with Crippen molar-refractivity contribution in [2.24, 2.45) is 4.99 Å². The fourth-order valence-corrected chi connectivity index (χ4v) is 3.43. The molecule has 0 spiro atoms. The van der Waals surface area contributed by atoms with Crippen LogP contribution in [0.4, 0.5) is 0 Å². The third kappa shape index (κ3) is 5.73. The van der Waals surface area contributed by atoms with Crippen molar-refractivity contribution < 1.29 is 0 Å². The van der Waals surface area contributed by atoms with Crippen molar-refractivity contribution in [1.29, 1.82) is 0 Å². The predicted molar refractivity (Wildman–Crippen MR) is 120 cm³/mol. The van der Waals surface area contributed by atoms with Crippen molar-refractivity contribution in [2.45, 2.75) is 26.8 Å². The maximum atomic E-state index is 4.56. The highest BCUT2D eigenvalue weighted by molar-refractivity contribution is 14.0. The van der Waals surface area contributed by atoms with Gasteiger partial charge in [-0.05, 0) is 26.0 Å². The van der Waals surface area contributed by atoms with E-state index in [1.54, 1.807) is 24.7 Å². The summed E-state index contributed by atoms with van der Waals surface area (Å²) in [5, 5.41) is 16.0. The van der Waals surface area contributed by atoms with Gasteiger partial charge in [0, 0.05) is 30.6 Å². The number of rotatable bonds is 6. The molecule has 2 aromatic heterocycles. The standard InChI is InChI=1S/C18H23N7S.HI/c1-13-14(2)26-17(23-13)9-10-20-18(19-3)21-11-16-24-22-12-25(16)15-7-5-4-6-8-15;/h4-8,12H,9-11H2,1-3H3,(H2,19,20,21);1H. The lowest BCUT2D eigenvalue weighted by Gasteiger charge is -2.12. The number of guanidine groups is 1. The van der Waals surface area contributed by atoms with Crippen LogP contribution in [0.25, 0.3) is 5.69 Å². The first-order chi connectivity index (χ1) is 12.7. The average Bonchev–Trinajstić information content (AvgIpc) is 3.25. The Morgan fingerprint density at radius 1 is 1.19 bits per heavy atom. The smallest absolute Gasteiger partial charge is 0.191 e. The molecule has 3 aromatic rings. The minimum atomic E-state index is 0. The predicted octanol–water partition coefficient (Wildman–Crippen LogP) is 2.87. The second-order valence-electron chi connectivity index (χ2n) is 5.80. The molecule has 1 aromatic carbocycles. The number of para-hydroxylation sites is 1. The molecule has 0 radical (unpaired) electrons. The van der Waals surface area contributed by atoms with Crippen LogP contribution in [0.2, 0.25) is 0 Å². The van der Waals surface area contributed by atoms with E-state index in [9.17, 15) is 0 Å². The Hall–Kier alpha value is -2.01. The summed E-state index contributed by atoms with van der Waals surface area (Å²) in [5.41, 5.74) is 2.15. The third-order valence-electron chi connectivity index (χ3n) is 3.99. The maximum absolute atomic E-state index is 4.56. The summed E-state index contributed by atoms with van der Waals surface area (Å²) < 4.78 is 1.96. The molecule has 0 amide bonds. The lowest BCUT2D eigenvalue weighted by molar-refractivity contribution is 0.748. The molecule has 2 N–H and O–H groups in total. The zero-order valence-corrected chi connectivity index (χ0v) is 18.8. The molecular formula is C18H24IN7S. The third-order valence-corrected chi connectivity index (χ3v) is 5.13. The number of aromatic nitrogens is 4. The van der Waals surface area contributed by atoms with Crippen molar-refractivity contribution in [3.63, 3.8) is 0 Å². The van der Waals surface area contributed by atoms with E-state index in [0.29, 0.717) is 6.54 Å². The van der Waals surface area contributed by atoms with Crippen molar-refractivity contribution in [2.75, 3.05) is 13.6 Å². The highest BCUT2D eigenvalue weighted by Gasteiger charge is 2.08. The number of hydrogen-bond donors (Lipinski definition) is 2. The van der Waals surface area contributed by atoms with Gasteiger partial charge in [0.25, 0.3) is 0 Å². The topological polar surface area (TPSA) is 80.0 Å². The van der Waals surface area contributed by atoms with Crippen molar-refractivity contribution in [1.82, 2.24) is 30.4 Å². The van der Waals surface area contributed by atoms with Gasteiger partial charge in [0.05, 0.1) is 17.2 Å². The molecule has 3 rings (SSSR count). The molecule has 144 valence electrons. The van der Waals surface area contributed by atoms with E-state index in [1.807, 2.05) is 41.8 Å². The SMILES string of the molecule is CN=C(NCCc1nc(C)c(C)s1)NCc1nncn1-c1ccccc1.I. The van der Waals surface area contributed by atoms with E-state index in [0.717, 1.165) is 41.1 Å². The summed E-state index contributed by atoms with van der Waals surface area (Å²) in [4.78, 5) is 10.1. The number of aliphatic imine (C=N–C) groups is 1. The Labute approximate surface area is 180 Å². The molecule has 2 heterocycles. The van der Waals surface area contributed by atoms with Gasteiger partial charge >= 0.3 is 0 Å². The molecule has 0 fully saturated rings. The Bertz CT molecular complexity index is 853. The van der Waals surface area contributed by atoms with E-state index in [2.05, 4.69) is 37.7 Å². The number of nitrogens with zero attached hydrogens (tertiary/aromatic N) is 5. The quantitative estimate of drug-likeness (QED) is 0.311. The lowest BCUT2D eigenvalue weighted by atomic mass is 10.3. The van der Waals surface area contributed by atoms with E-state index >= 15 is 0 Å². The number of aryl methyl sites for hydroxylation is 2. The van der Waals surface area contributed by atoms with E-state index in [-0.39, 0.29) is 24.0 Å². The molecule has 0 saturated heterocycles. The molecule has 9 heteroatoms. The summed E-state index contributed by atoms with van der Waals surface area (Å²) in [5.74, 6) is 1.56. The summed E-state index contributed by atoms with van der Waals surface area (Å²) >= 11 is 1.75. The zero-order valence-electron chi connectivity index (χ0n) is 15.6. The van der Waals surface area contributed by atoms with Crippen LogP contribution >= 0.6 is 35.3 Å². The largest absolute Gasteiger partial charge is 0.356 e. The zero-order chi connectivity index (χ0) is 18.4. The molecule has 7 nitrogen and oxygen atoms in total. The molecule has 0 aliphatic rings. The van der Waals surface area contributed by atoms with Crippen LogP contribution in [0.1, 0.15) is 21.4 Å². The Kier molecular flexibility index (Phi) is 8.17. The van der Waals surface area contributed by atoms with E-state index < -0.39 is 0 Å². The first-order valence-corrected chi connectivity index (χ1v) is 9.30. The minimum absolute atomic E-state index is 0. The Balaban J connectivity index is 0.00000261. The van der Waals surface area contributed by atoms with Gasteiger partial charge in [-0.3, -0.25) is 9.56 Å². The molecule has 0 bridgehead atoms. The summed E-state index contributed by atoms with van der Waals surface area (Å²) in [6.45, 7) is 5.46. The number of hydrogen-bond acceptors (Lipinski definition) is 5. The number of halogens is 1. The van der Waals surface area contributed by atoms with Crippen LogP contribution < -0.4 is 10.6 Å². The van der Waals surface area contributed by atoms with Crippen LogP contribution in [-0.2, 0) is 13.0 Å². The van der Waals surface area contributed by atoms with Crippen LogP contribution in [0.3, 0.4) is 0 Å². The number of nitrogens with one attached hydrogen (secondary N) is 2. The van der Waals surface area contributed by atoms with Gasteiger partial charge in [-0.2, -0.15) is 0 Å². The van der Waals surface area contributed by atoms with Crippen LogP contribution in [0.5, 0.6) is 0 Å². The van der Waals surface area contributed by atoms with E-state index in [4.69, 9.17) is 0 Å². The fourth-order valence-electron chi connectivity index (χ4n) is 2.50. The number of thiazole rings is 1. The van der Waals surface area contributed by atoms with Gasteiger partial charge in [0.2, 0.25) is 0 Å². The van der Waals surface area contributed by atoms with Gasteiger partial charge in [-0.25, -0.2) is 4.98 Å². The number of benzene rings is 1. The first-order valence-electron chi connectivity index (χ1n) is 8.49. The monoisotopic (exact) mass is 497 g/mol. The van der Waals surface area contributed by atoms with Crippen molar-refractivity contribution in [3.8, 4) is 5.69 Å². The molecular weight excluding hydrogens is 473 g/mol. The molecule has 0 unspecified atom stereocenters. The molecule has 0 atom stereocenters. The van der Waals surface area contributed by atoms with Crippen LogP contribution in [0, 0.1) is 13.8 Å². The maximum Gasteiger partial charge on any atom is 0.191 e. The van der Waals surface area contributed by atoms with Crippen LogP contribution in [-0.4, -0.2) is 39.3 Å². The van der Waals surface area contributed by atoms with Gasteiger partial charge in [-0.15, -0.1) is 45.5 Å². The van der Waals surface area contributed by atoms with Crippen molar-refractivity contribution in [3.05, 3.63) is 58.1 Å². The van der Waals surface area contributed by atoms with Crippen LogP contribution in [0.15, 0.2) is 41.7 Å². The van der Waals surface area contributed by atoms with E-state index in [1.165, 1.54) is 4.88 Å². The summed E-state index contributed by atoms with van der Waals surface area (Å²) in [6, 6.07) is 10.0. The molecule has 0 aliphatic carbocycles. The fraction of sp³-hybridized carbons (Fsp3) is 0.333. The lowest BCUT2D eigenvalue weighted by Crippen LogP contribution is -2.38. The Morgan fingerprint density at radius 2 is 1.96 bits per heavy atom. The second kappa shape index (κ2) is 10.4. The normalized spacial score (nSPS) is 11.1. The second-order valence-corrected chi connectivity index (χ2v) is 7.09. The molecule has 27 heavy (non-hydrogen) atoms.